The molecule has 9 nitrogen and oxygen atoms in total. The van der Waals surface area contributed by atoms with E-state index in [2.05, 4.69) is 22.6 Å². The van der Waals surface area contributed by atoms with Crippen molar-refractivity contribution in [2.45, 2.75) is 6.42 Å². The molecule has 28 heavy (non-hydrogen) atoms. The van der Waals surface area contributed by atoms with Crippen LogP contribution in [0, 0.1) is 28.7 Å². The van der Waals surface area contributed by atoms with Crippen molar-refractivity contribution in [2.75, 3.05) is 38.7 Å². The number of anilines is 1. The fraction of sp³-hybridized carbons (Fsp3) is 0.368. The highest BCUT2D eigenvalue weighted by Crippen LogP contribution is 2.23. The van der Waals surface area contributed by atoms with Gasteiger partial charge in [-0.2, -0.15) is 10.5 Å². The summed E-state index contributed by atoms with van der Waals surface area (Å²) in [7, 11) is 1.60. The van der Waals surface area contributed by atoms with Crippen molar-refractivity contribution in [3.05, 3.63) is 36.3 Å². The van der Waals surface area contributed by atoms with Gasteiger partial charge in [0.25, 0.3) is 0 Å². The summed E-state index contributed by atoms with van der Waals surface area (Å²) in [6.45, 7) is 1.86. The van der Waals surface area contributed by atoms with Gasteiger partial charge in [-0.1, -0.05) is 0 Å². The zero-order valence-electron chi connectivity index (χ0n) is 15.5. The van der Waals surface area contributed by atoms with Crippen LogP contribution in [0.25, 0.3) is 5.69 Å². The fourth-order valence-corrected chi connectivity index (χ4v) is 2.96. The Bertz CT molecular complexity index is 926. The van der Waals surface area contributed by atoms with Crippen molar-refractivity contribution in [2.24, 2.45) is 5.92 Å². The maximum Gasteiger partial charge on any atom is 0.230 e. The maximum atomic E-state index is 12.4. The molecule has 9 heteroatoms. The Labute approximate surface area is 162 Å². The molecule has 1 fully saturated rings. The Hall–Kier alpha value is -3.56. The lowest BCUT2D eigenvalue weighted by Gasteiger charge is -2.10. The first kappa shape index (κ1) is 19.2. The summed E-state index contributed by atoms with van der Waals surface area (Å²) in [5.41, 5.74) is 1.05. The number of methoxy groups -OCH3 is 1. The SMILES string of the molecule is COCCOc1ccc(C#N)c(-n2cnc(NC(=O)[C@H]3CCN(C#N)C3)c2)c1. The first-order valence-electron chi connectivity index (χ1n) is 8.80. The van der Waals surface area contributed by atoms with Gasteiger partial charge < -0.3 is 24.3 Å². The van der Waals surface area contributed by atoms with Gasteiger partial charge in [-0.25, -0.2) is 4.98 Å². The minimum atomic E-state index is -0.239. The number of ether oxygens (including phenoxy) is 2. The standard InChI is InChI=1S/C19H20N6O3/c1-27-6-7-28-16-3-2-14(9-20)17(8-16)25-11-18(22-13-25)23-19(26)15-4-5-24(10-15)12-21/h2-3,8,11,13,15H,4-7,10H2,1H3,(H,23,26)/t15-/m0/s1. The number of imidazole rings is 1. The molecule has 1 aromatic heterocycles. The molecule has 1 aliphatic heterocycles. The van der Waals surface area contributed by atoms with E-state index in [1.807, 2.05) is 0 Å². The van der Waals surface area contributed by atoms with Crippen molar-refractivity contribution in [1.29, 1.82) is 10.5 Å². The quantitative estimate of drug-likeness (QED) is 0.572. The molecule has 1 saturated heterocycles. The van der Waals surface area contributed by atoms with Crippen LogP contribution in [0.2, 0.25) is 0 Å². The normalized spacial score (nSPS) is 15.7. The van der Waals surface area contributed by atoms with E-state index in [0.29, 0.717) is 55.5 Å². The number of nitrogens with zero attached hydrogens (tertiary/aromatic N) is 5. The Kier molecular flexibility index (Phi) is 6.10. The van der Waals surface area contributed by atoms with E-state index < -0.39 is 0 Å². The largest absolute Gasteiger partial charge is 0.491 e. The number of nitrogens with one attached hydrogen (secondary N) is 1. The first-order valence-corrected chi connectivity index (χ1v) is 8.80. The molecule has 0 unspecified atom stereocenters. The molecule has 1 aromatic carbocycles. The van der Waals surface area contributed by atoms with Gasteiger partial charge in [0.15, 0.2) is 12.0 Å². The zero-order valence-corrected chi connectivity index (χ0v) is 15.5. The van der Waals surface area contributed by atoms with E-state index in [1.54, 1.807) is 41.0 Å². The Morgan fingerprint density at radius 2 is 2.25 bits per heavy atom. The van der Waals surface area contributed by atoms with Crippen LogP contribution in [-0.4, -0.2) is 53.8 Å². The molecule has 0 radical (unpaired) electrons. The van der Waals surface area contributed by atoms with Crippen molar-refractivity contribution in [1.82, 2.24) is 14.5 Å². The number of amides is 1. The molecule has 3 rings (SSSR count). The lowest BCUT2D eigenvalue weighted by Crippen LogP contribution is -2.25. The summed E-state index contributed by atoms with van der Waals surface area (Å²) in [6, 6.07) is 7.27. The average molecular weight is 380 g/mol. The van der Waals surface area contributed by atoms with Gasteiger partial charge in [-0.3, -0.25) is 4.79 Å². The molecular formula is C19H20N6O3. The molecule has 1 amide bonds. The van der Waals surface area contributed by atoms with Crippen LogP contribution in [0.3, 0.4) is 0 Å². The third kappa shape index (κ3) is 4.40. The molecule has 1 atom stereocenters. The summed E-state index contributed by atoms with van der Waals surface area (Å²) in [5.74, 6) is 0.583. The first-order chi connectivity index (χ1) is 13.6. The highest BCUT2D eigenvalue weighted by atomic mass is 16.5. The van der Waals surface area contributed by atoms with E-state index in [-0.39, 0.29) is 11.8 Å². The molecular weight excluding hydrogens is 360 g/mol. The number of hydrogen-bond donors (Lipinski definition) is 1. The predicted octanol–water partition coefficient (Wildman–Crippen LogP) is 1.51. The monoisotopic (exact) mass is 380 g/mol. The van der Waals surface area contributed by atoms with E-state index in [1.165, 1.54) is 6.33 Å². The summed E-state index contributed by atoms with van der Waals surface area (Å²) in [5, 5.41) is 21.1. The van der Waals surface area contributed by atoms with Crippen LogP contribution in [-0.2, 0) is 9.53 Å². The third-order valence-electron chi connectivity index (χ3n) is 4.46. The van der Waals surface area contributed by atoms with Gasteiger partial charge in [0.2, 0.25) is 5.91 Å². The highest BCUT2D eigenvalue weighted by molar-refractivity contribution is 5.92. The van der Waals surface area contributed by atoms with Crippen molar-refractivity contribution in [3.8, 4) is 23.7 Å². The van der Waals surface area contributed by atoms with Crippen LogP contribution in [0.15, 0.2) is 30.7 Å². The predicted molar refractivity (Wildman–Crippen MR) is 99.6 cm³/mol. The van der Waals surface area contributed by atoms with Crippen LogP contribution in [0.1, 0.15) is 12.0 Å². The number of carbonyl (C=O) groups excluding carboxylic acids is 1. The molecule has 1 aliphatic rings. The van der Waals surface area contributed by atoms with Crippen LogP contribution in [0.4, 0.5) is 5.82 Å². The van der Waals surface area contributed by atoms with E-state index in [9.17, 15) is 10.1 Å². The number of rotatable bonds is 7. The fourth-order valence-electron chi connectivity index (χ4n) is 2.96. The molecule has 0 spiro atoms. The Balaban J connectivity index is 1.72. The average Bonchev–Trinajstić information content (AvgIpc) is 3.37. The number of benzene rings is 1. The van der Waals surface area contributed by atoms with Crippen LogP contribution < -0.4 is 10.1 Å². The van der Waals surface area contributed by atoms with Gasteiger partial charge in [0.1, 0.15) is 24.8 Å². The molecule has 2 heterocycles. The number of hydrogen-bond acceptors (Lipinski definition) is 7. The second kappa shape index (κ2) is 8.89. The Morgan fingerprint density at radius 1 is 1.39 bits per heavy atom. The molecule has 1 N–H and O–H groups in total. The summed E-state index contributed by atoms with van der Waals surface area (Å²) >= 11 is 0. The van der Waals surface area contributed by atoms with Gasteiger partial charge in [-0.15, -0.1) is 0 Å². The third-order valence-corrected chi connectivity index (χ3v) is 4.46. The minimum absolute atomic E-state index is 0.167. The molecule has 2 aromatic rings. The molecule has 0 saturated carbocycles. The lowest BCUT2D eigenvalue weighted by molar-refractivity contribution is -0.119. The van der Waals surface area contributed by atoms with Gasteiger partial charge in [0, 0.05) is 26.3 Å². The number of likely N-dealkylation sites (tertiary alicyclic amines) is 1. The van der Waals surface area contributed by atoms with Crippen molar-refractivity contribution < 1.29 is 14.3 Å². The van der Waals surface area contributed by atoms with Crippen LogP contribution >= 0.6 is 0 Å². The van der Waals surface area contributed by atoms with E-state index >= 15 is 0 Å². The Morgan fingerprint density at radius 3 is 2.96 bits per heavy atom. The van der Waals surface area contributed by atoms with Crippen molar-refractivity contribution >= 4 is 11.7 Å². The second-order valence-corrected chi connectivity index (χ2v) is 6.32. The highest BCUT2D eigenvalue weighted by Gasteiger charge is 2.28. The summed E-state index contributed by atoms with van der Waals surface area (Å²) in [4.78, 5) is 18.1. The van der Waals surface area contributed by atoms with Gasteiger partial charge >= 0.3 is 0 Å². The number of carbonyl (C=O) groups is 1. The molecule has 0 aliphatic carbocycles. The maximum absolute atomic E-state index is 12.4. The molecule has 0 bridgehead atoms. The topological polar surface area (TPSA) is 116 Å². The van der Waals surface area contributed by atoms with Crippen LogP contribution in [0.5, 0.6) is 5.75 Å². The van der Waals surface area contributed by atoms with Crippen molar-refractivity contribution in [3.63, 3.8) is 0 Å². The lowest BCUT2D eigenvalue weighted by atomic mass is 10.1. The van der Waals surface area contributed by atoms with E-state index in [0.717, 1.165) is 0 Å². The van der Waals surface area contributed by atoms with Gasteiger partial charge in [-0.05, 0) is 18.6 Å². The van der Waals surface area contributed by atoms with Gasteiger partial charge in [0.05, 0.1) is 30.0 Å². The second-order valence-electron chi connectivity index (χ2n) is 6.32. The smallest absolute Gasteiger partial charge is 0.230 e. The number of aromatic nitrogens is 2. The number of nitriles is 2. The minimum Gasteiger partial charge on any atom is -0.491 e. The molecule has 144 valence electrons. The zero-order chi connectivity index (χ0) is 19.9. The summed E-state index contributed by atoms with van der Waals surface area (Å²) in [6.07, 6.45) is 5.87. The summed E-state index contributed by atoms with van der Waals surface area (Å²) < 4.78 is 12.2. The van der Waals surface area contributed by atoms with E-state index in [4.69, 9.17) is 14.7 Å².